The fourth-order valence-electron chi connectivity index (χ4n) is 7.19. The Balaban J connectivity index is 1.05. The van der Waals surface area contributed by atoms with Crippen LogP contribution in [0, 0.1) is 17.8 Å². The highest BCUT2D eigenvalue weighted by molar-refractivity contribution is 5.94. The zero-order chi connectivity index (χ0) is 22.4. The van der Waals surface area contributed by atoms with Crippen molar-refractivity contribution < 1.29 is 14.6 Å². The van der Waals surface area contributed by atoms with E-state index in [2.05, 4.69) is 22.3 Å². The molecule has 4 aliphatic carbocycles. The molecule has 1 heterocycles. The summed E-state index contributed by atoms with van der Waals surface area (Å²) in [6.07, 6.45) is 6.54. The van der Waals surface area contributed by atoms with Crippen LogP contribution in [0.25, 0.3) is 0 Å². The van der Waals surface area contributed by atoms with Crippen molar-refractivity contribution in [2.24, 2.45) is 17.8 Å². The van der Waals surface area contributed by atoms with Gasteiger partial charge in [0.1, 0.15) is 0 Å². The Hall–Kier alpha value is -2.37. The highest BCUT2D eigenvalue weighted by Gasteiger charge is 2.56. The van der Waals surface area contributed by atoms with Gasteiger partial charge in [-0.3, -0.25) is 4.79 Å². The van der Waals surface area contributed by atoms with Crippen molar-refractivity contribution in [3.8, 4) is 0 Å². The molecule has 33 heavy (non-hydrogen) atoms. The predicted molar refractivity (Wildman–Crippen MR) is 128 cm³/mol. The summed E-state index contributed by atoms with van der Waals surface area (Å²) < 4.78 is 6.11. The van der Waals surface area contributed by atoms with Crippen molar-refractivity contribution in [2.75, 3.05) is 18.0 Å². The summed E-state index contributed by atoms with van der Waals surface area (Å²) in [5.74, 6) is 1.68. The lowest BCUT2D eigenvalue weighted by atomic mass is 9.52. The summed E-state index contributed by atoms with van der Waals surface area (Å²) in [4.78, 5) is 15.4. The molecule has 4 unspecified atom stereocenters. The van der Waals surface area contributed by atoms with Gasteiger partial charge in [-0.05, 0) is 86.1 Å². The zero-order valence-electron chi connectivity index (χ0n) is 19.2. The van der Waals surface area contributed by atoms with E-state index in [4.69, 9.17) is 4.74 Å². The van der Waals surface area contributed by atoms with Crippen LogP contribution < -0.4 is 10.2 Å². The van der Waals surface area contributed by atoms with Gasteiger partial charge in [-0.25, -0.2) is 0 Å². The molecule has 0 aromatic heterocycles. The Morgan fingerprint density at radius 2 is 1.76 bits per heavy atom. The molecular formula is C28H34N2O3. The molecule has 0 spiro atoms. The second-order valence-electron chi connectivity index (χ2n) is 10.9. The number of nitrogens with zero attached hydrogens (tertiary/aromatic N) is 1. The summed E-state index contributed by atoms with van der Waals surface area (Å²) >= 11 is 0. The van der Waals surface area contributed by atoms with Gasteiger partial charge >= 0.3 is 0 Å². The number of hydrogen-bond acceptors (Lipinski definition) is 4. The van der Waals surface area contributed by atoms with E-state index in [1.807, 2.05) is 42.5 Å². The molecule has 5 aliphatic rings. The molecule has 174 valence electrons. The van der Waals surface area contributed by atoms with Gasteiger partial charge in [0.15, 0.2) is 0 Å². The fraction of sp³-hybridized carbons (Fsp3) is 0.536. The van der Waals surface area contributed by atoms with Crippen LogP contribution in [0.4, 0.5) is 5.69 Å². The van der Waals surface area contributed by atoms with Gasteiger partial charge in [-0.15, -0.1) is 0 Å². The number of ether oxygens (including phenoxy) is 1. The first kappa shape index (κ1) is 21.2. The van der Waals surface area contributed by atoms with E-state index in [9.17, 15) is 9.90 Å². The Morgan fingerprint density at radius 1 is 1.03 bits per heavy atom. The maximum absolute atomic E-state index is 13.0. The van der Waals surface area contributed by atoms with Crippen LogP contribution >= 0.6 is 0 Å². The lowest BCUT2D eigenvalue weighted by Crippen LogP contribution is -2.66. The average molecular weight is 447 g/mol. The van der Waals surface area contributed by atoms with Crippen molar-refractivity contribution in [3.63, 3.8) is 0 Å². The lowest BCUT2D eigenvalue weighted by molar-refractivity contribution is -0.146. The quantitative estimate of drug-likeness (QED) is 0.700. The summed E-state index contributed by atoms with van der Waals surface area (Å²) in [5.41, 5.74) is 2.31. The third-order valence-corrected chi connectivity index (χ3v) is 8.53. The number of benzene rings is 2. The van der Waals surface area contributed by atoms with E-state index in [1.165, 1.54) is 12.0 Å². The van der Waals surface area contributed by atoms with Crippen LogP contribution in [0.1, 0.15) is 54.4 Å². The first-order chi connectivity index (χ1) is 16.1. The predicted octanol–water partition coefficient (Wildman–Crippen LogP) is 4.15. The fourth-order valence-corrected chi connectivity index (χ4v) is 7.19. The molecule has 0 radical (unpaired) electrons. The molecule has 2 aromatic carbocycles. The number of hydrogen-bond donors (Lipinski definition) is 2. The van der Waals surface area contributed by atoms with Crippen molar-refractivity contribution in [2.45, 2.75) is 62.9 Å². The van der Waals surface area contributed by atoms with Crippen LogP contribution in [-0.4, -0.2) is 41.9 Å². The van der Waals surface area contributed by atoms with Crippen LogP contribution in [0.15, 0.2) is 54.6 Å². The van der Waals surface area contributed by atoms with E-state index in [1.54, 1.807) is 0 Å². The molecule has 1 amide bonds. The minimum absolute atomic E-state index is 0.0575. The maximum Gasteiger partial charge on any atom is 0.251 e. The summed E-state index contributed by atoms with van der Waals surface area (Å²) in [6.45, 7) is 2.48. The summed E-state index contributed by atoms with van der Waals surface area (Å²) in [6, 6.07) is 18.1. The van der Waals surface area contributed by atoms with Crippen LogP contribution in [0.2, 0.25) is 0 Å². The van der Waals surface area contributed by atoms with Gasteiger partial charge in [0.2, 0.25) is 0 Å². The molecule has 5 heteroatoms. The van der Waals surface area contributed by atoms with Crippen molar-refractivity contribution in [1.29, 1.82) is 0 Å². The minimum atomic E-state index is -0.700. The Bertz CT molecular complexity index is 978. The van der Waals surface area contributed by atoms with Gasteiger partial charge in [-0.1, -0.05) is 30.3 Å². The lowest BCUT2D eigenvalue weighted by Gasteiger charge is -2.58. The molecule has 2 N–H and O–H groups in total. The van der Waals surface area contributed by atoms with Crippen LogP contribution in [-0.2, 0) is 11.3 Å². The number of aliphatic hydroxyl groups is 1. The molecule has 7 rings (SSSR count). The Labute approximate surface area is 196 Å². The van der Waals surface area contributed by atoms with Gasteiger partial charge in [0, 0.05) is 24.3 Å². The molecule has 1 aliphatic heterocycles. The van der Waals surface area contributed by atoms with E-state index < -0.39 is 5.60 Å². The van der Waals surface area contributed by atoms with Crippen molar-refractivity contribution >= 4 is 11.6 Å². The molecule has 5 fully saturated rings. The number of nitrogens with one attached hydrogen (secondary N) is 1. The molecule has 4 bridgehead atoms. The normalized spacial score (nSPS) is 34.6. The molecule has 4 saturated carbocycles. The summed E-state index contributed by atoms with van der Waals surface area (Å²) in [5, 5.41) is 14.5. The Kier molecular flexibility index (Phi) is 5.42. The van der Waals surface area contributed by atoms with Gasteiger partial charge in [0.05, 0.1) is 24.4 Å². The van der Waals surface area contributed by atoms with E-state index in [0.717, 1.165) is 50.9 Å². The van der Waals surface area contributed by atoms with Gasteiger partial charge < -0.3 is 20.1 Å². The summed E-state index contributed by atoms with van der Waals surface area (Å²) in [7, 11) is 0. The highest BCUT2D eigenvalue weighted by atomic mass is 16.5. The second kappa shape index (κ2) is 8.44. The smallest absolute Gasteiger partial charge is 0.251 e. The molecule has 2 aromatic rings. The van der Waals surface area contributed by atoms with E-state index >= 15 is 0 Å². The molecular weight excluding hydrogens is 412 g/mol. The average Bonchev–Trinajstić information content (AvgIpc) is 3.29. The van der Waals surface area contributed by atoms with Crippen LogP contribution in [0.3, 0.4) is 0 Å². The number of carbonyl (C=O) groups excluding carboxylic acids is 1. The standard InChI is InChI=1S/C28H34N2O3/c31-27(29-26-23-13-20-12-21(14-23)16-28(26,32)15-20)22-6-8-24(9-7-22)30-11-10-25(17-30)33-18-19-4-2-1-3-5-19/h1-9,20-21,23,25-26,32H,10-18H2,(H,29,31). The highest BCUT2D eigenvalue weighted by Crippen LogP contribution is 2.55. The van der Waals surface area contributed by atoms with E-state index in [0.29, 0.717) is 29.9 Å². The maximum atomic E-state index is 13.0. The topological polar surface area (TPSA) is 61.8 Å². The monoisotopic (exact) mass is 446 g/mol. The SMILES string of the molecule is O=C(NC1C2CC3CC(C2)CC1(O)C3)c1ccc(N2CCC(OCc3ccccc3)C2)cc1. The van der Waals surface area contributed by atoms with Crippen LogP contribution in [0.5, 0.6) is 0 Å². The third-order valence-electron chi connectivity index (χ3n) is 8.53. The van der Waals surface area contributed by atoms with Crippen molar-refractivity contribution in [3.05, 3.63) is 65.7 Å². The molecule has 1 saturated heterocycles. The number of amides is 1. The van der Waals surface area contributed by atoms with Crippen molar-refractivity contribution in [1.82, 2.24) is 5.32 Å². The first-order valence-corrected chi connectivity index (χ1v) is 12.6. The Morgan fingerprint density at radius 3 is 2.45 bits per heavy atom. The molecule has 4 atom stereocenters. The molecule has 5 nitrogen and oxygen atoms in total. The van der Waals surface area contributed by atoms with Gasteiger partial charge in [-0.2, -0.15) is 0 Å². The van der Waals surface area contributed by atoms with E-state index in [-0.39, 0.29) is 18.1 Å². The zero-order valence-corrected chi connectivity index (χ0v) is 19.2. The second-order valence-corrected chi connectivity index (χ2v) is 10.9. The largest absolute Gasteiger partial charge is 0.388 e. The number of anilines is 1. The third kappa shape index (κ3) is 4.17. The van der Waals surface area contributed by atoms with Gasteiger partial charge in [0.25, 0.3) is 5.91 Å². The number of rotatable bonds is 6. The number of carbonyl (C=O) groups is 1. The minimum Gasteiger partial charge on any atom is -0.388 e. The first-order valence-electron chi connectivity index (χ1n) is 12.6.